The highest BCUT2D eigenvalue weighted by Gasteiger charge is 2.12. The summed E-state index contributed by atoms with van der Waals surface area (Å²) >= 11 is 0. The van der Waals surface area contributed by atoms with Gasteiger partial charge in [-0.3, -0.25) is 0 Å². The third-order valence-corrected chi connectivity index (χ3v) is 4.49. The van der Waals surface area contributed by atoms with Gasteiger partial charge in [0, 0.05) is 0 Å². The van der Waals surface area contributed by atoms with Crippen molar-refractivity contribution in [2.75, 3.05) is 19.7 Å². The Morgan fingerprint density at radius 2 is 1.81 bits per heavy atom. The fraction of sp³-hybridized carbons (Fsp3) is 0.684. The molecule has 1 fully saturated rings. The van der Waals surface area contributed by atoms with Gasteiger partial charge in [0.05, 0.1) is 6.61 Å². The van der Waals surface area contributed by atoms with E-state index in [0.29, 0.717) is 0 Å². The van der Waals surface area contributed by atoms with Crippen LogP contribution in [0.1, 0.15) is 57.4 Å². The molecule has 0 aliphatic carbocycles. The molecular weight excluding hydrogens is 258 g/mol. The van der Waals surface area contributed by atoms with Gasteiger partial charge in [0.2, 0.25) is 0 Å². The second kappa shape index (κ2) is 9.83. The summed E-state index contributed by atoms with van der Waals surface area (Å²) in [7, 11) is 0. The van der Waals surface area contributed by atoms with E-state index in [1.807, 2.05) is 0 Å². The van der Waals surface area contributed by atoms with Crippen molar-refractivity contribution in [3.05, 3.63) is 29.8 Å². The average Bonchev–Trinajstić information content (AvgIpc) is 2.55. The largest absolute Gasteiger partial charge is 0.494 e. The Morgan fingerprint density at radius 1 is 1.05 bits per heavy atom. The minimum atomic E-state index is 0.856. The van der Waals surface area contributed by atoms with E-state index in [9.17, 15) is 0 Å². The van der Waals surface area contributed by atoms with Gasteiger partial charge in [0.25, 0.3) is 0 Å². The number of aryl methyl sites for hydroxylation is 1. The first kappa shape index (κ1) is 16.4. The van der Waals surface area contributed by atoms with E-state index in [-0.39, 0.29) is 0 Å². The number of unbranched alkanes of at least 4 members (excludes halogenated alkanes) is 3. The van der Waals surface area contributed by atoms with Gasteiger partial charge in [0.1, 0.15) is 5.75 Å². The lowest BCUT2D eigenvalue weighted by molar-refractivity contribution is 0.305. The predicted octanol–water partition coefficient (Wildman–Crippen LogP) is 4.58. The molecule has 0 unspecified atom stereocenters. The number of piperidine rings is 1. The van der Waals surface area contributed by atoms with Crippen molar-refractivity contribution < 1.29 is 4.74 Å². The molecule has 1 aromatic rings. The average molecular weight is 289 g/mol. The number of ether oxygens (including phenoxy) is 1. The zero-order valence-corrected chi connectivity index (χ0v) is 13.6. The van der Waals surface area contributed by atoms with Crippen molar-refractivity contribution in [3.8, 4) is 5.75 Å². The first-order chi connectivity index (χ1) is 10.4. The van der Waals surface area contributed by atoms with Crippen LogP contribution >= 0.6 is 0 Å². The smallest absolute Gasteiger partial charge is 0.119 e. The highest BCUT2D eigenvalue weighted by Crippen LogP contribution is 2.20. The number of rotatable bonds is 9. The van der Waals surface area contributed by atoms with Gasteiger partial charge in [-0.05, 0) is 68.8 Å². The van der Waals surface area contributed by atoms with E-state index in [1.165, 1.54) is 70.0 Å². The van der Waals surface area contributed by atoms with E-state index in [2.05, 4.69) is 36.5 Å². The third kappa shape index (κ3) is 6.52. The second-order valence-electron chi connectivity index (χ2n) is 6.29. The molecule has 1 aliphatic heterocycles. The molecular formula is C19H31NO. The molecule has 1 aliphatic rings. The highest BCUT2D eigenvalue weighted by molar-refractivity contribution is 5.27. The van der Waals surface area contributed by atoms with Gasteiger partial charge in [-0.1, -0.05) is 38.3 Å². The van der Waals surface area contributed by atoms with Crippen molar-refractivity contribution in [1.29, 1.82) is 0 Å². The molecule has 118 valence electrons. The lowest BCUT2D eigenvalue weighted by Crippen LogP contribution is -2.27. The van der Waals surface area contributed by atoms with Crippen LogP contribution < -0.4 is 10.1 Å². The molecule has 2 heteroatoms. The van der Waals surface area contributed by atoms with Gasteiger partial charge < -0.3 is 10.1 Å². The zero-order valence-electron chi connectivity index (χ0n) is 13.6. The van der Waals surface area contributed by atoms with Crippen LogP contribution in [0.25, 0.3) is 0 Å². The van der Waals surface area contributed by atoms with Crippen LogP contribution in [0.2, 0.25) is 0 Å². The minimum Gasteiger partial charge on any atom is -0.494 e. The fourth-order valence-electron chi connectivity index (χ4n) is 3.01. The van der Waals surface area contributed by atoms with Gasteiger partial charge >= 0.3 is 0 Å². The molecule has 1 N–H and O–H groups in total. The van der Waals surface area contributed by atoms with Gasteiger partial charge in [-0.2, -0.15) is 0 Å². The first-order valence-corrected chi connectivity index (χ1v) is 8.81. The van der Waals surface area contributed by atoms with Crippen molar-refractivity contribution in [1.82, 2.24) is 5.32 Å². The highest BCUT2D eigenvalue weighted by atomic mass is 16.5. The van der Waals surface area contributed by atoms with E-state index in [0.717, 1.165) is 18.3 Å². The number of hydrogen-bond donors (Lipinski definition) is 1. The van der Waals surface area contributed by atoms with Crippen LogP contribution in [0.15, 0.2) is 24.3 Å². The van der Waals surface area contributed by atoms with Crippen LogP contribution in [0.5, 0.6) is 5.75 Å². The maximum absolute atomic E-state index is 5.79. The molecule has 0 amide bonds. The summed E-state index contributed by atoms with van der Waals surface area (Å²) in [6.45, 7) is 5.50. The van der Waals surface area contributed by atoms with E-state index < -0.39 is 0 Å². The SMILES string of the molecule is CCCCCCOc1ccc(CCC2CCNCC2)cc1. The van der Waals surface area contributed by atoms with Crippen molar-refractivity contribution >= 4 is 0 Å². The Hall–Kier alpha value is -1.02. The Bertz CT molecular complexity index is 368. The van der Waals surface area contributed by atoms with E-state index in [1.54, 1.807) is 0 Å². The molecule has 21 heavy (non-hydrogen) atoms. The Morgan fingerprint density at radius 3 is 2.52 bits per heavy atom. The molecule has 1 saturated heterocycles. The molecule has 0 radical (unpaired) electrons. The van der Waals surface area contributed by atoms with Crippen molar-refractivity contribution in [3.63, 3.8) is 0 Å². The number of benzene rings is 1. The van der Waals surface area contributed by atoms with Crippen LogP contribution in [-0.4, -0.2) is 19.7 Å². The maximum atomic E-state index is 5.79. The van der Waals surface area contributed by atoms with Crippen molar-refractivity contribution in [2.45, 2.75) is 58.3 Å². The Balaban J connectivity index is 1.64. The molecule has 2 nitrogen and oxygen atoms in total. The normalized spacial score (nSPS) is 16.0. The topological polar surface area (TPSA) is 21.3 Å². The van der Waals surface area contributed by atoms with E-state index >= 15 is 0 Å². The van der Waals surface area contributed by atoms with Gasteiger partial charge in [0.15, 0.2) is 0 Å². The second-order valence-corrected chi connectivity index (χ2v) is 6.29. The molecule has 1 aromatic carbocycles. The molecule has 0 saturated carbocycles. The third-order valence-electron chi connectivity index (χ3n) is 4.49. The summed E-state index contributed by atoms with van der Waals surface area (Å²) in [6, 6.07) is 8.75. The van der Waals surface area contributed by atoms with Crippen LogP contribution in [0.3, 0.4) is 0 Å². The lowest BCUT2D eigenvalue weighted by atomic mass is 9.91. The number of nitrogens with one attached hydrogen (secondary N) is 1. The molecule has 0 aromatic heterocycles. The summed E-state index contributed by atoms with van der Waals surface area (Å²) in [6.07, 6.45) is 10.3. The van der Waals surface area contributed by atoms with Crippen molar-refractivity contribution in [2.24, 2.45) is 5.92 Å². The predicted molar refractivity (Wildman–Crippen MR) is 90.0 cm³/mol. The molecule has 0 spiro atoms. The fourth-order valence-corrected chi connectivity index (χ4v) is 3.01. The van der Waals surface area contributed by atoms with E-state index in [4.69, 9.17) is 4.74 Å². The van der Waals surface area contributed by atoms with Gasteiger partial charge in [-0.15, -0.1) is 0 Å². The lowest BCUT2D eigenvalue weighted by Gasteiger charge is -2.22. The summed E-state index contributed by atoms with van der Waals surface area (Å²) in [5.41, 5.74) is 1.45. The molecule has 1 heterocycles. The monoisotopic (exact) mass is 289 g/mol. The first-order valence-electron chi connectivity index (χ1n) is 8.81. The zero-order chi connectivity index (χ0) is 14.8. The molecule has 2 rings (SSSR count). The van der Waals surface area contributed by atoms with Crippen LogP contribution in [-0.2, 0) is 6.42 Å². The summed E-state index contributed by atoms with van der Waals surface area (Å²) in [4.78, 5) is 0. The summed E-state index contributed by atoms with van der Waals surface area (Å²) in [5.74, 6) is 1.94. The van der Waals surface area contributed by atoms with Gasteiger partial charge in [-0.25, -0.2) is 0 Å². The molecule has 0 atom stereocenters. The molecule has 0 bridgehead atoms. The summed E-state index contributed by atoms with van der Waals surface area (Å²) in [5, 5.41) is 3.44. The van der Waals surface area contributed by atoms with Crippen LogP contribution in [0, 0.1) is 5.92 Å². The quantitative estimate of drug-likeness (QED) is 0.672. The Kier molecular flexibility index (Phi) is 7.66. The standard InChI is InChI=1S/C19H31NO/c1-2-3-4-5-16-21-19-10-8-17(9-11-19)6-7-18-12-14-20-15-13-18/h8-11,18,20H,2-7,12-16H2,1H3. The Labute approximate surface area is 130 Å². The number of hydrogen-bond acceptors (Lipinski definition) is 2. The van der Waals surface area contributed by atoms with Crippen LogP contribution in [0.4, 0.5) is 0 Å². The maximum Gasteiger partial charge on any atom is 0.119 e. The summed E-state index contributed by atoms with van der Waals surface area (Å²) < 4.78 is 5.79. The minimum absolute atomic E-state index is 0.856.